The Labute approximate surface area is 182 Å². The van der Waals surface area contributed by atoms with Gasteiger partial charge in [-0.05, 0) is 38.7 Å². The molecule has 0 spiro atoms. The van der Waals surface area contributed by atoms with Crippen molar-refractivity contribution in [1.82, 2.24) is 9.97 Å². The first-order valence-electron chi connectivity index (χ1n) is 10.7. The maximum absolute atomic E-state index is 13.3. The molecule has 5 rings (SSSR count). The Balaban J connectivity index is 1.44. The van der Waals surface area contributed by atoms with Crippen LogP contribution in [-0.2, 0) is 0 Å². The minimum absolute atomic E-state index is 0.0306. The number of piperidine rings is 1. The number of alkyl halides is 3. The molecule has 2 aliphatic heterocycles. The molecule has 10 heteroatoms. The number of thiazole rings is 1. The van der Waals surface area contributed by atoms with E-state index in [4.69, 9.17) is 4.98 Å². The molecule has 2 aromatic rings. The number of nitrogens with one attached hydrogen (secondary N) is 1. The molecule has 3 unspecified atom stereocenters. The minimum atomic E-state index is -4.20. The molecule has 2 amide bonds. The summed E-state index contributed by atoms with van der Waals surface area (Å²) in [5.41, 5.74) is 1.85. The van der Waals surface area contributed by atoms with E-state index in [2.05, 4.69) is 10.3 Å². The zero-order valence-corrected chi connectivity index (χ0v) is 18.0. The second-order valence-corrected chi connectivity index (χ2v) is 9.47. The average Bonchev–Trinajstić information content (AvgIpc) is 3.42. The fraction of sp³-hybridized carbons (Fsp3) is 0.571. The van der Waals surface area contributed by atoms with Crippen molar-refractivity contribution in [2.45, 2.75) is 57.2 Å². The standard InChI is InChI=1S/C21H24F3N5OS/c1-12-11-31-19(25-12)27-20(30)29-16-6-2-5-14(16)15-7-8-17(26-18(15)29)28-9-3-4-13(10-28)21(22,23)24/h7-8,11,13-14,16H,2-6,9-10H2,1H3,(H,25,27,30). The van der Waals surface area contributed by atoms with E-state index >= 15 is 0 Å². The lowest BCUT2D eigenvalue weighted by Gasteiger charge is -2.35. The summed E-state index contributed by atoms with van der Waals surface area (Å²) in [5, 5.41) is 5.28. The fourth-order valence-electron chi connectivity index (χ4n) is 5.14. The van der Waals surface area contributed by atoms with Crippen LogP contribution in [0.1, 0.15) is 49.3 Å². The van der Waals surface area contributed by atoms with Crippen molar-refractivity contribution in [2.24, 2.45) is 5.92 Å². The number of hydrogen-bond donors (Lipinski definition) is 1. The van der Waals surface area contributed by atoms with E-state index < -0.39 is 12.1 Å². The average molecular weight is 452 g/mol. The molecule has 0 aromatic carbocycles. The first-order chi connectivity index (χ1) is 14.8. The van der Waals surface area contributed by atoms with Gasteiger partial charge in [0.1, 0.15) is 11.6 Å². The topological polar surface area (TPSA) is 61.4 Å². The number of nitrogens with zero attached hydrogens (tertiary/aromatic N) is 4. The lowest BCUT2D eigenvalue weighted by molar-refractivity contribution is -0.176. The first-order valence-corrected chi connectivity index (χ1v) is 11.5. The summed E-state index contributed by atoms with van der Waals surface area (Å²) in [6, 6.07) is 3.53. The Hall–Kier alpha value is -2.36. The van der Waals surface area contributed by atoms with Crippen LogP contribution in [0.15, 0.2) is 17.5 Å². The predicted molar refractivity (Wildman–Crippen MR) is 114 cm³/mol. The van der Waals surface area contributed by atoms with Crippen LogP contribution in [0, 0.1) is 12.8 Å². The molecule has 0 bridgehead atoms. The van der Waals surface area contributed by atoms with E-state index in [9.17, 15) is 18.0 Å². The van der Waals surface area contributed by atoms with Crippen molar-refractivity contribution >= 4 is 34.1 Å². The van der Waals surface area contributed by atoms with Gasteiger partial charge in [-0.25, -0.2) is 14.8 Å². The molecule has 166 valence electrons. The molecule has 2 aromatic heterocycles. The lowest BCUT2D eigenvalue weighted by Crippen LogP contribution is -2.43. The highest BCUT2D eigenvalue weighted by atomic mass is 32.1. The van der Waals surface area contributed by atoms with Crippen molar-refractivity contribution in [2.75, 3.05) is 28.2 Å². The number of anilines is 3. The predicted octanol–water partition coefficient (Wildman–Crippen LogP) is 5.31. The number of carbonyl (C=O) groups is 1. The van der Waals surface area contributed by atoms with Crippen molar-refractivity contribution in [3.8, 4) is 0 Å². The van der Waals surface area contributed by atoms with Gasteiger partial charge in [0.2, 0.25) is 0 Å². The van der Waals surface area contributed by atoms with Gasteiger partial charge in [0.05, 0.1) is 11.6 Å². The van der Waals surface area contributed by atoms with Crippen molar-refractivity contribution in [3.05, 3.63) is 28.8 Å². The number of hydrogen-bond acceptors (Lipinski definition) is 5. The quantitative estimate of drug-likeness (QED) is 0.672. The molecule has 1 aliphatic carbocycles. The van der Waals surface area contributed by atoms with Crippen LogP contribution in [0.5, 0.6) is 0 Å². The van der Waals surface area contributed by atoms with Crippen molar-refractivity contribution in [1.29, 1.82) is 0 Å². The Morgan fingerprint density at radius 3 is 2.77 bits per heavy atom. The summed E-state index contributed by atoms with van der Waals surface area (Å²) in [4.78, 5) is 25.6. The number of fused-ring (bicyclic) bond motifs is 3. The second-order valence-electron chi connectivity index (χ2n) is 8.61. The van der Waals surface area contributed by atoms with Crippen LogP contribution in [0.2, 0.25) is 0 Å². The van der Waals surface area contributed by atoms with Crippen molar-refractivity contribution in [3.63, 3.8) is 0 Å². The largest absolute Gasteiger partial charge is 0.393 e. The van der Waals surface area contributed by atoms with Gasteiger partial charge in [-0.2, -0.15) is 13.2 Å². The van der Waals surface area contributed by atoms with E-state index in [0.29, 0.717) is 29.7 Å². The number of pyridine rings is 1. The third-order valence-electron chi connectivity index (χ3n) is 6.59. The van der Waals surface area contributed by atoms with Gasteiger partial charge < -0.3 is 4.90 Å². The van der Waals surface area contributed by atoms with Gasteiger partial charge >= 0.3 is 12.2 Å². The monoisotopic (exact) mass is 451 g/mol. The minimum Gasteiger partial charge on any atom is -0.356 e. The highest BCUT2D eigenvalue weighted by Crippen LogP contribution is 2.49. The van der Waals surface area contributed by atoms with E-state index in [1.165, 1.54) is 11.3 Å². The Kier molecular flexibility index (Phi) is 5.07. The van der Waals surface area contributed by atoms with Gasteiger partial charge in [0.25, 0.3) is 0 Å². The summed E-state index contributed by atoms with van der Waals surface area (Å²) in [6.45, 7) is 2.31. The molecule has 2 fully saturated rings. The van der Waals surface area contributed by atoms with Crippen LogP contribution in [-0.4, -0.2) is 41.3 Å². The summed E-state index contributed by atoms with van der Waals surface area (Å²) in [7, 11) is 0. The number of aryl methyl sites for hydroxylation is 1. The third kappa shape index (κ3) is 3.75. The normalized spacial score (nSPS) is 25.5. The number of carbonyl (C=O) groups excluding carboxylic acids is 1. The molecular formula is C21H24F3N5OS. The Bertz CT molecular complexity index is 994. The van der Waals surface area contributed by atoms with E-state index in [1.54, 1.807) is 9.80 Å². The molecule has 1 saturated carbocycles. The number of rotatable bonds is 2. The van der Waals surface area contributed by atoms with Crippen LogP contribution in [0.3, 0.4) is 0 Å². The van der Waals surface area contributed by atoms with E-state index in [-0.39, 0.29) is 31.0 Å². The van der Waals surface area contributed by atoms with Gasteiger partial charge in [0.15, 0.2) is 5.13 Å². The summed E-state index contributed by atoms with van der Waals surface area (Å²) >= 11 is 1.37. The van der Waals surface area contributed by atoms with Gasteiger partial charge in [-0.3, -0.25) is 10.2 Å². The summed E-state index contributed by atoms with van der Waals surface area (Å²) in [6.07, 6.45) is -0.669. The van der Waals surface area contributed by atoms with E-state index in [1.807, 2.05) is 24.4 Å². The number of amides is 2. The third-order valence-corrected chi connectivity index (χ3v) is 7.46. The van der Waals surface area contributed by atoms with Crippen LogP contribution in [0.25, 0.3) is 0 Å². The molecular weight excluding hydrogens is 427 g/mol. The van der Waals surface area contributed by atoms with Crippen LogP contribution in [0.4, 0.5) is 34.7 Å². The smallest absolute Gasteiger partial charge is 0.356 e. The molecule has 1 N–H and O–H groups in total. The van der Waals surface area contributed by atoms with Crippen LogP contribution < -0.4 is 15.1 Å². The van der Waals surface area contributed by atoms with Gasteiger partial charge in [0, 0.05) is 36.0 Å². The van der Waals surface area contributed by atoms with E-state index in [0.717, 1.165) is 30.5 Å². The first kappa shape index (κ1) is 20.5. The molecule has 31 heavy (non-hydrogen) atoms. The SMILES string of the molecule is Cc1csc(NC(=O)N2c3nc(N4CCCC(C(F)(F)F)C4)ccc3C3CCCC32)n1. The fourth-order valence-corrected chi connectivity index (χ4v) is 5.82. The zero-order chi connectivity index (χ0) is 21.8. The van der Waals surface area contributed by atoms with Gasteiger partial charge in [-0.15, -0.1) is 11.3 Å². The summed E-state index contributed by atoms with van der Waals surface area (Å²) in [5.74, 6) is -0.0319. The van der Waals surface area contributed by atoms with Crippen LogP contribution >= 0.6 is 11.3 Å². The lowest BCUT2D eigenvalue weighted by atomic mass is 9.97. The number of halogens is 3. The molecule has 6 nitrogen and oxygen atoms in total. The highest BCUT2D eigenvalue weighted by Gasteiger charge is 2.46. The molecule has 1 saturated heterocycles. The molecule has 3 atom stereocenters. The van der Waals surface area contributed by atoms with Crippen molar-refractivity contribution < 1.29 is 18.0 Å². The summed E-state index contributed by atoms with van der Waals surface area (Å²) < 4.78 is 39.8. The molecule has 0 radical (unpaired) electrons. The molecule has 4 heterocycles. The Morgan fingerprint density at radius 1 is 1.19 bits per heavy atom. The Morgan fingerprint density at radius 2 is 2.03 bits per heavy atom. The highest BCUT2D eigenvalue weighted by molar-refractivity contribution is 7.13. The maximum Gasteiger partial charge on any atom is 0.393 e. The maximum atomic E-state index is 13.3. The van der Waals surface area contributed by atoms with Gasteiger partial charge in [-0.1, -0.05) is 12.5 Å². The molecule has 3 aliphatic rings. The number of aromatic nitrogens is 2. The number of urea groups is 1. The zero-order valence-electron chi connectivity index (χ0n) is 17.2. The second kappa shape index (κ2) is 7.65.